The zero-order valence-electron chi connectivity index (χ0n) is 12.0. The molecule has 108 valence electrons. The zero-order chi connectivity index (χ0) is 15.1. The standard InChI is InChI=1S/C14H19N3O3/c1-4-20-13-8-5-7-12(14(13)17(18)19)16(11(2)3)10-6-9-15/h5,7-8,11H,4,6,10H2,1-3H3. The third kappa shape index (κ3) is 3.60. The lowest BCUT2D eigenvalue weighted by atomic mass is 10.2. The number of anilines is 1. The van der Waals surface area contributed by atoms with Crippen LogP contribution in [0.1, 0.15) is 27.2 Å². The van der Waals surface area contributed by atoms with Crippen LogP contribution >= 0.6 is 0 Å². The van der Waals surface area contributed by atoms with Crippen molar-refractivity contribution in [1.82, 2.24) is 0 Å². The lowest BCUT2D eigenvalue weighted by molar-refractivity contribution is -0.385. The number of nitro benzene ring substituents is 1. The summed E-state index contributed by atoms with van der Waals surface area (Å²) in [6, 6.07) is 7.14. The minimum Gasteiger partial charge on any atom is -0.487 e. The molecule has 6 heteroatoms. The Kier molecular flexibility index (Phi) is 5.78. The van der Waals surface area contributed by atoms with Crippen LogP contribution in [0.15, 0.2) is 18.2 Å². The molecular formula is C14H19N3O3. The van der Waals surface area contributed by atoms with E-state index in [0.29, 0.717) is 25.3 Å². The van der Waals surface area contributed by atoms with E-state index < -0.39 is 4.92 Å². The maximum atomic E-state index is 11.4. The minimum atomic E-state index is -0.428. The first-order chi connectivity index (χ1) is 9.52. The van der Waals surface area contributed by atoms with Crippen molar-refractivity contribution < 1.29 is 9.66 Å². The molecule has 0 aliphatic heterocycles. The quantitative estimate of drug-likeness (QED) is 0.565. The lowest BCUT2D eigenvalue weighted by Crippen LogP contribution is -2.32. The molecule has 6 nitrogen and oxygen atoms in total. The van der Waals surface area contributed by atoms with Crippen molar-refractivity contribution in [1.29, 1.82) is 5.26 Å². The Morgan fingerprint density at radius 2 is 2.20 bits per heavy atom. The van der Waals surface area contributed by atoms with Gasteiger partial charge in [0, 0.05) is 12.6 Å². The summed E-state index contributed by atoms with van der Waals surface area (Å²) >= 11 is 0. The number of hydrogen-bond acceptors (Lipinski definition) is 5. The van der Waals surface area contributed by atoms with E-state index in [4.69, 9.17) is 10.00 Å². The molecule has 0 spiro atoms. The summed E-state index contributed by atoms with van der Waals surface area (Å²) in [7, 11) is 0. The molecule has 0 aliphatic carbocycles. The fourth-order valence-corrected chi connectivity index (χ4v) is 2.03. The van der Waals surface area contributed by atoms with Gasteiger partial charge in [0.05, 0.1) is 24.0 Å². The number of nitrogens with zero attached hydrogens (tertiary/aromatic N) is 3. The van der Waals surface area contributed by atoms with E-state index in [1.54, 1.807) is 25.1 Å². The van der Waals surface area contributed by atoms with Gasteiger partial charge in [-0.1, -0.05) is 6.07 Å². The molecule has 0 amide bonds. The van der Waals surface area contributed by atoms with Crippen molar-refractivity contribution in [2.75, 3.05) is 18.1 Å². The number of ether oxygens (including phenoxy) is 1. The number of nitro groups is 1. The van der Waals surface area contributed by atoms with Gasteiger partial charge in [-0.25, -0.2) is 0 Å². The molecular weight excluding hydrogens is 258 g/mol. The second-order valence-electron chi connectivity index (χ2n) is 4.51. The van der Waals surface area contributed by atoms with Crippen molar-refractivity contribution in [3.05, 3.63) is 28.3 Å². The van der Waals surface area contributed by atoms with Gasteiger partial charge >= 0.3 is 5.69 Å². The van der Waals surface area contributed by atoms with E-state index in [0.717, 1.165) is 0 Å². The molecule has 0 saturated carbocycles. The Labute approximate surface area is 118 Å². The molecule has 20 heavy (non-hydrogen) atoms. The van der Waals surface area contributed by atoms with Crippen molar-refractivity contribution in [3.8, 4) is 11.8 Å². The van der Waals surface area contributed by atoms with E-state index in [1.165, 1.54) is 0 Å². The summed E-state index contributed by atoms with van der Waals surface area (Å²) in [6.45, 7) is 6.48. The van der Waals surface area contributed by atoms with Crippen LogP contribution in [-0.2, 0) is 0 Å². The number of para-hydroxylation sites is 1. The molecule has 0 saturated heterocycles. The molecule has 0 atom stereocenters. The maximum absolute atomic E-state index is 11.4. The van der Waals surface area contributed by atoms with E-state index in [9.17, 15) is 10.1 Å². The zero-order valence-corrected chi connectivity index (χ0v) is 12.0. The summed E-state index contributed by atoms with van der Waals surface area (Å²) < 4.78 is 5.34. The third-order valence-corrected chi connectivity index (χ3v) is 2.86. The maximum Gasteiger partial charge on any atom is 0.333 e. The normalized spacial score (nSPS) is 10.2. The Balaban J connectivity index is 3.29. The number of rotatable bonds is 7. The van der Waals surface area contributed by atoms with Crippen LogP contribution in [0.3, 0.4) is 0 Å². The summed E-state index contributed by atoms with van der Waals surface area (Å²) in [5, 5.41) is 20.1. The predicted molar refractivity (Wildman–Crippen MR) is 77.0 cm³/mol. The molecule has 1 aromatic rings. The smallest absolute Gasteiger partial charge is 0.333 e. The fraction of sp³-hybridized carbons (Fsp3) is 0.500. The first kappa shape index (κ1) is 15.8. The SMILES string of the molecule is CCOc1cccc(N(CCC#N)C(C)C)c1[N+](=O)[O-]. The Morgan fingerprint density at radius 1 is 1.50 bits per heavy atom. The van der Waals surface area contributed by atoms with Crippen molar-refractivity contribution >= 4 is 11.4 Å². The van der Waals surface area contributed by atoms with Crippen LogP contribution in [0.2, 0.25) is 0 Å². The summed E-state index contributed by atoms with van der Waals surface area (Å²) in [6.07, 6.45) is 0.314. The topological polar surface area (TPSA) is 79.4 Å². The van der Waals surface area contributed by atoms with Gasteiger partial charge in [0.2, 0.25) is 0 Å². The van der Waals surface area contributed by atoms with Gasteiger partial charge in [-0.05, 0) is 32.9 Å². The predicted octanol–water partition coefficient (Wildman–Crippen LogP) is 3.12. The highest BCUT2D eigenvalue weighted by atomic mass is 16.6. The van der Waals surface area contributed by atoms with Crippen molar-refractivity contribution in [3.63, 3.8) is 0 Å². The van der Waals surface area contributed by atoms with E-state index in [1.807, 2.05) is 18.7 Å². The Bertz CT molecular complexity index is 509. The van der Waals surface area contributed by atoms with E-state index in [2.05, 4.69) is 6.07 Å². The number of hydrogen-bond donors (Lipinski definition) is 0. The molecule has 0 heterocycles. The largest absolute Gasteiger partial charge is 0.487 e. The van der Waals surface area contributed by atoms with E-state index >= 15 is 0 Å². The molecule has 0 aliphatic rings. The van der Waals surface area contributed by atoms with Gasteiger partial charge in [0.25, 0.3) is 0 Å². The highest BCUT2D eigenvalue weighted by Crippen LogP contribution is 2.38. The molecule has 1 aromatic carbocycles. The molecule has 1 rings (SSSR count). The van der Waals surface area contributed by atoms with Crippen LogP contribution in [-0.4, -0.2) is 24.1 Å². The summed E-state index contributed by atoms with van der Waals surface area (Å²) in [4.78, 5) is 12.8. The van der Waals surface area contributed by atoms with E-state index in [-0.39, 0.29) is 17.5 Å². The Hall–Kier alpha value is -2.29. The van der Waals surface area contributed by atoms with Crippen LogP contribution < -0.4 is 9.64 Å². The van der Waals surface area contributed by atoms with Crippen LogP contribution in [0.25, 0.3) is 0 Å². The van der Waals surface area contributed by atoms with Gasteiger partial charge in [-0.15, -0.1) is 0 Å². The summed E-state index contributed by atoms with van der Waals surface area (Å²) in [5.41, 5.74) is 0.451. The molecule has 0 unspecified atom stereocenters. The second-order valence-corrected chi connectivity index (χ2v) is 4.51. The van der Waals surface area contributed by atoms with Gasteiger partial charge in [0.1, 0.15) is 5.69 Å². The highest BCUT2D eigenvalue weighted by Gasteiger charge is 2.26. The third-order valence-electron chi connectivity index (χ3n) is 2.86. The van der Waals surface area contributed by atoms with Gasteiger partial charge in [-0.2, -0.15) is 5.26 Å². The first-order valence-electron chi connectivity index (χ1n) is 6.56. The number of nitriles is 1. The lowest BCUT2D eigenvalue weighted by Gasteiger charge is -2.28. The first-order valence-corrected chi connectivity index (χ1v) is 6.56. The monoisotopic (exact) mass is 277 g/mol. The van der Waals surface area contributed by atoms with Crippen LogP contribution in [0.5, 0.6) is 5.75 Å². The Morgan fingerprint density at radius 3 is 2.70 bits per heavy atom. The second kappa shape index (κ2) is 7.34. The molecule has 0 bridgehead atoms. The molecule has 0 aromatic heterocycles. The van der Waals surface area contributed by atoms with Crippen molar-refractivity contribution in [2.45, 2.75) is 33.2 Å². The molecule has 0 fully saturated rings. The fourth-order valence-electron chi connectivity index (χ4n) is 2.03. The minimum absolute atomic E-state index is 0.0408. The average molecular weight is 277 g/mol. The van der Waals surface area contributed by atoms with Crippen LogP contribution in [0.4, 0.5) is 11.4 Å². The van der Waals surface area contributed by atoms with Crippen LogP contribution in [0, 0.1) is 21.4 Å². The van der Waals surface area contributed by atoms with Gasteiger partial charge in [0.15, 0.2) is 5.75 Å². The van der Waals surface area contributed by atoms with Gasteiger partial charge in [-0.3, -0.25) is 10.1 Å². The summed E-state index contributed by atoms with van der Waals surface area (Å²) in [5.74, 6) is 0.262. The molecule has 0 radical (unpaired) electrons. The van der Waals surface area contributed by atoms with Gasteiger partial charge < -0.3 is 9.64 Å². The van der Waals surface area contributed by atoms with Crippen molar-refractivity contribution in [2.24, 2.45) is 0 Å². The average Bonchev–Trinajstić information content (AvgIpc) is 2.39. The highest BCUT2D eigenvalue weighted by molar-refractivity contribution is 5.70. The number of benzene rings is 1. The molecule has 0 N–H and O–H groups in total.